The Labute approximate surface area is 148 Å². The summed E-state index contributed by atoms with van der Waals surface area (Å²) >= 11 is 5.50. The number of hydrogen-bond donors (Lipinski definition) is 2. The number of hydrogen-bond acceptors (Lipinski definition) is 3. The molecule has 0 saturated carbocycles. The van der Waals surface area contributed by atoms with Crippen molar-refractivity contribution in [2.24, 2.45) is 0 Å². The van der Waals surface area contributed by atoms with E-state index in [1.165, 1.54) is 17.0 Å². The number of rotatable bonds is 6. The third kappa shape index (κ3) is 5.68. The van der Waals surface area contributed by atoms with Crippen LogP contribution in [0.3, 0.4) is 0 Å². The van der Waals surface area contributed by atoms with Crippen molar-refractivity contribution in [3.63, 3.8) is 0 Å². The van der Waals surface area contributed by atoms with E-state index in [0.29, 0.717) is 23.8 Å². The van der Waals surface area contributed by atoms with Crippen molar-refractivity contribution in [2.45, 2.75) is 18.9 Å². The molecule has 1 aromatic rings. The van der Waals surface area contributed by atoms with E-state index in [0.717, 1.165) is 13.0 Å². The Hall–Kier alpha value is -1.25. The molecule has 1 atom stereocenters. The van der Waals surface area contributed by atoms with Crippen molar-refractivity contribution >= 4 is 32.9 Å². The van der Waals surface area contributed by atoms with Crippen LogP contribution in [0.25, 0.3) is 0 Å². The molecule has 2 N–H and O–H groups in total. The minimum atomic E-state index is -2.98. The van der Waals surface area contributed by atoms with Crippen LogP contribution in [-0.2, 0) is 9.84 Å². The Kier molecular flexibility index (Phi) is 6.54. The van der Waals surface area contributed by atoms with E-state index in [1.807, 2.05) is 4.90 Å². The number of halogens is 1. The normalized spacial score (nSPS) is 19.4. The summed E-state index contributed by atoms with van der Waals surface area (Å²) < 4.78 is 36.6. The predicted octanol–water partition coefficient (Wildman–Crippen LogP) is 0.546. The zero-order valence-electron chi connectivity index (χ0n) is 14.1. The van der Waals surface area contributed by atoms with Crippen molar-refractivity contribution in [2.75, 3.05) is 44.0 Å². The molecule has 0 bridgehead atoms. The highest BCUT2D eigenvalue weighted by atomic mass is 32.2. The number of benzene rings is 1. The van der Waals surface area contributed by atoms with Crippen LogP contribution in [-0.4, -0.2) is 63.2 Å². The van der Waals surface area contributed by atoms with Crippen LogP contribution in [0.5, 0.6) is 0 Å². The third-order valence-electron chi connectivity index (χ3n) is 4.08. The van der Waals surface area contributed by atoms with E-state index in [1.54, 1.807) is 12.1 Å². The van der Waals surface area contributed by atoms with Crippen LogP contribution < -0.4 is 10.2 Å². The van der Waals surface area contributed by atoms with Crippen LogP contribution >= 0.6 is 12.2 Å². The summed E-state index contributed by atoms with van der Waals surface area (Å²) in [5.74, 6) is 0.0541. The van der Waals surface area contributed by atoms with E-state index < -0.39 is 9.84 Å². The standard InChI is InChI=1S/C16H24FN3O2S2/c1-19(2)9-3-10-20(15-8-11-24(21,22)12-15)16(23)18-14-6-4-13(17)5-7-14/h4-7,15H,3,8-12H2,1-2H3,(H,18,23)/p+1/t15-/m0/s1. The van der Waals surface area contributed by atoms with Gasteiger partial charge in [0.05, 0.1) is 32.1 Å². The quantitative estimate of drug-likeness (QED) is 0.712. The fourth-order valence-corrected chi connectivity index (χ4v) is 4.89. The van der Waals surface area contributed by atoms with Crippen molar-refractivity contribution in [1.82, 2.24) is 4.90 Å². The van der Waals surface area contributed by atoms with Gasteiger partial charge in [0.1, 0.15) is 5.82 Å². The second kappa shape index (κ2) is 8.22. The van der Waals surface area contributed by atoms with Crippen LogP contribution in [0, 0.1) is 5.82 Å². The molecule has 1 saturated heterocycles. The van der Waals surface area contributed by atoms with E-state index in [-0.39, 0.29) is 23.4 Å². The zero-order chi connectivity index (χ0) is 17.7. The first kappa shape index (κ1) is 19.1. The molecule has 0 radical (unpaired) electrons. The Morgan fingerprint density at radius 2 is 2.04 bits per heavy atom. The highest BCUT2D eigenvalue weighted by molar-refractivity contribution is 7.91. The largest absolute Gasteiger partial charge is 0.345 e. The van der Waals surface area contributed by atoms with E-state index >= 15 is 0 Å². The maximum absolute atomic E-state index is 13.0. The minimum Gasteiger partial charge on any atom is -0.345 e. The lowest BCUT2D eigenvalue weighted by atomic mass is 10.2. The number of anilines is 1. The van der Waals surface area contributed by atoms with Gasteiger partial charge >= 0.3 is 0 Å². The van der Waals surface area contributed by atoms with E-state index in [4.69, 9.17) is 12.2 Å². The van der Waals surface area contributed by atoms with Gasteiger partial charge in [-0.25, -0.2) is 12.8 Å². The molecule has 1 fully saturated rings. The number of thiocarbonyl (C=S) groups is 1. The minimum absolute atomic E-state index is 0.0902. The van der Waals surface area contributed by atoms with Gasteiger partial charge in [-0.2, -0.15) is 0 Å². The van der Waals surface area contributed by atoms with Gasteiger partial charge in [-0.15, -0.1) is 0 Å². The lowest BCUT2D eigenvalue weighted by molar-refractivity contribution is -0.858. The van der Waals surface area contributed by atoms with Crippen LogP contribution in [0.2, 0.25) is 0 Å². The molecule has 0 aliphatic carbocycles. The van der Waals surface area contributed by atoms with Crippen molar-refractivity contribution < 1.29 is 17.7 Å². The Bertz CT molecular complexity index is 662. The molecule has 0 amide bonds. The van der Waals surface area contributed by atoms with E-state index in [2.05, 4.69) is 19.4 Å². The average Bonchev–Trinajstić information content (AvgIpc) is 2.85. The fraction of sp³-hybridized carbons (Fsp3) is 0.562. The lowest BCUT2D eigenvalue weighted by Gasteiger charge is -2.31. The Balaban J connectivity index is 2.05. The summed E-state index contributed by atoms with van der Waals surface area (Å²) in [6, 6.07) is 5.88. The summed E-state index contributed by atoms with van der Waals surface area (Å²) in [7, 11) is 1.19. The first-order valence-corrected chi connectivity index (χ1v) is 10.3. The summed E-state index contributed by atoms with van der Waals surface area (Å²) in [4.78, 5) is 3.32. The number of quaternary nitrogens is 1. The van der Waals surface area contributed by atoms with Gasteiger partial charge in [0, 0.05) is 24.7 Å². The number of nitrogens with zero attached hydrogens (tertiary/aromatic N) is 1. The summed E-state index contributed by atoms with van der Waals surface area (Å²) in [5, 5.41) is 3.60. The highest BCUT2D eigenvalue weighted by Crippen LogP contribution is 2.20. The molecule has 1 heterocycles. The molecule has 1 aromatic carbocycles. The zero-order valence-corrected chi connectivity index (χ0v) is 15.7. The monoisotopic (exact) mass is 374 g/mol. The van der Waals surface area contributed by atoms with Crippen LogP contribution in [0.15, 0.2) is 24.3 Å². The predicted molar refractivity (Wildman–Crippen MR) is 98.7 cm³/mol. The molecule has 5 nitrogen and oxygen atoms in total. The number of nitrogens with one attached hydrogen (secondary N) is 2. The van der Waals surface area contributed by atoms with Gasteiger partial charge in [0.25, 0.3) is 0 Å². The molecule has 134 valence electrons. The summed E-state index contributed by atoms with van der Waals surface area (Å²) in [5.41, 5.74) is 0.700. The summed E-state index contributed by atoms with van der Waals surface area (Å²) in [6.45, 7) is 1.69. The van der Waals surface area contributed by atoms with Gasteiger partial charge in [-0.3, -0.25) is 0 Å². The molecular formula is C16H25FN3O2S2+. The second-order valence-corrected chi connectivity index (χ2v) is 9.11. The molecule has 1 aliphatic rings. The first-order valence-electron chi connectivity index (χ1n) is 8.09. The summed E-state index contributed by atoms with van der Waals surface area (Å²) in [6.07, 6.45) is 1.52. The maximum Gasteiger partial charge on any atom is 0.173 e. The Morgan fingerprint density at radius 1 is 1.38 bits per heavy atom. The number of sulfone groups is 1. The van der Waals surface area contributed by atoms with Crippen molar-refractivity contribution in [3.8, 4) is 0 Å². The van der Waals surface area contributed by atoms with Gasteiger partial charge in [-0.05, 0) is 42.9 Å². The third-order valence-corrected chi connectivity index (χ3v) is 6.17. The first-order chi connectivity index (χ1) is 11.3. The van der Waals surface area contributed by atoms with Gasteiger partial charge < -0.3 is 15.1 Å². The van der Waals surface area contributed by atoms with Gasteiger partial charge in [0.2, 0.25) is 0 Å². The van der Waals surface area contributed by atoms with Crippen LogP contribution in [0.1, 0.15) is 12.8 Å². The Morgan fingerprint density at radius 3 is 2.58 bits per heavy atom. The fourth-order valence-electron chi connectivity index (χ4n) is 2.80. The van der Waals surface area contributed by atoms with Crippen LogP contribution in [0.4, 0.5) is 10.1 Å². The lowest BCUT2D eigenvalue weighted by Crippen LogP contribution is -3.05. The maximum atomic E-state index is 13.0. The molecular weight excluding hydrogens is 349 g/mol. The average molecular weight is 375 g/mol. The smallest absolute Gasteiger partial charge is 0.173 e. The second-order valence-electron chi connectivity index (χ2n) is 6.50. The van der Waals surface area contributed by atoms with Crippen molar-refractivity contribution in [1.29, 1.82) is 0 Å². The molecule has 0 spiro atoms. The topological polar surface area (TPSA) is 53.9 Å². The van der Waals surface area contributed by atoms with E-state index in [9.17, 15) is 12.8 Å². The molecule has 24 heavy (non-hydrogen) atoms. The molecule has 2 rings (SSSR count). The molecule has 0 unspecified atom stereocenters. The SMILES string of the molecule is C[NH+](C)CCCN(C(=S)Nc1ccc(F)cc1)[C@H]1CCS(=O)(=O)C1. The van der Waals surface area contributed by atoms with Crippen molar-refractivity contribution in [3.05, 3.63) is 30.1 Å². The molecule has 1 aliphatic heterocycles. The molecule has 8 heteroatoms. The highest BCUT2D eigenvalue weighted by Gasteiger charge is 2.33. The van der Waals surface area contributed by atoms with Gasteiger partial charge in [0.15, 0.2) is 14.9 Å². The molecule has 0 aromatic heterocycles. The van der Waals surface area contributed by atoms with Gasteiger partial charge in [-0.1, -0.05) is 0 Å².